The quantitative estimate of drug-likeness (QED) is 0.680. The van der Waals surface area contributed by atoms with Gasteiger partial charge in [-0.2, -0.15) is 9.36 Å². The predicted octanol–water partition coefficient (Wildman–Crippen LogP) is 3.44. The summed E-state index contributed by atoms with van der Waals surface area (Å²) in [5, 5.41) is 7.82. The maximum absolute atomic E-state index is 13.5. The van der Waals surface area contributed by atoms with Crippen molar-refractivity contribution < 1.29 is 13.5 Å². The number of tetrazole rings is 1. The van der Waals surface area contributed by atoms with Gasteiger partial charge in [-0.05, 0) is 41.1 Å². The van der Waals surface area contributed by atoms with Crippen molar-refractivity contribution in [2.45, 2.75) is 20.0 Å². The Bertz CT molecular complexity index is 1000. The van der Waals surface area contributed by atoms with Crippen molar-refractivity contribution in [3.8, 4) is 11.4 Å². The Hall–Kier alpha value is -2.74. The molecule has 1 heterocycles. The molecule has 0 bridgehead atoms. The second-order valence-corrected chi connectivity index (χ2v) is 6.08. The fourth-order valence-corrected chi connectivity index (χ4v) is 2.66. The molecule has 0 saturated heterocycles. The molecule has 6 nitrogen and oxygen atoms in total. The molecule has 3 aromatic rings. The molecule has 0 N–H and O–H groups in total. The standard InChI is InChI=1S/C17H15ClF2N4O2/c1-10-6-7-11(18)8-15(10)26-9-13-12(16(19)20)4-3-5-14(13)24-17(25)23(2)21-22-24/h3-8,16H,9H2,1-2H3. The van der Waals surface area contributed by atoms with E-state index < -0.39 is 12.1 Å². The lowest BCUT2D eigenvalue weighted by Gasteiger charge is -2.15. The number of nitrogens with zero attached hydrogens (tertiary/aromatic N) is 4. The average Bonchev–Trinajstić information content (AvgIpc) is 2.94. The van der Waals surface area contributed by atoms with E-state index in [1.54, 1.807) is 18.2 Å². The van der Waals surface area contributed by atoms with Gasteiger partial charge in [0.25, 0.3) is 6.43 Å². The molecule has 2 aromatic carbocycles. The molecule has 0 spiro atoms. The van der Waals surface area contributed by atoms with Gasteiger partial charge in [0.05, 0.1) is 5.69 Å². The Kier molecular flexibility index (Phi) is 5.03. The molecule has 0 radical (unpaired) electrons. The van der Waals surface area contributed by atoms with Gasteiger partial charge in [0.15, 0.2) is 0 Å². The van der Waals surface area contributed by atoms with Crippen LogP contribution in [-0.2, 0) is 13.7 Å². The van der Waals surface area contributed by atoms with Crippen molar-refractivity contribution in [3.05, 3.63) is 68.6 Å². The number of benzene rings is 2. The molecule has 0 saturated carbocycles. The lowest BCUT2D eigenvalue weighted by Crippen LogP contribution is -2.23. The summed E-state index contributed by atoms with van der Waals surface area (Å²) >= 11 is 5.96. The van der Waals surface area contributed by atoms with Crippen LogP contribution in [0.15, 0.2) is 41.2 Å². The maximum Gasteiger partial charge on any atom is 0.368 e. The summed E-state index contributed by atoms with van der Waals surface area (Å²) < 4.78 is 34.7. The Morgan fingerprint density at radius 3 is 2.65 bits per heavy atom. The van der Waals surface area contributed by atoms with E-state index in [1.165, 1.54) is 25.2 Å². The molecule has 26 heavy (non-hydrogen) atoms. The van der Waals surface area contributed by atoms with Crippen molar-refractivity contribution >= 4 is 11.6 Å². The molecular formula is C17H15ClF2N4O2. The molecule has 0 atom stereocenters. The third kappa shape index (κ3) is 3.45. The number of aromatic nitrogens is 4. The van der Waals surface area contributed by atoms with Gasteiger partial charge in [-0.25, -0.2) is 13.6 Å². The minimum atomic E-state index is -2.73. The Morgan fingerprint density at radius 1 is 1.23 bits per heavy atom. The van der Waals surface area contributed by atoms with E-state index in [0.29, 0.717) is 10.8 Å². The highest BCUT2D eigenvalue weighted by molar-refractivity contribution is 6.30. The zero-order chi connectivity index (χ0) is 18.8. The van der Waals surface area contributed by atoms with Gasteiger partial charge >= 0.3 is 5.69 Å². The van der Waals surface area contributed by atoms with E-state index >= 15 is 0 Å². The molecule has 136 valence electrons. The number of hydrogen-bond donors (Lipinski definition) is 0. The van der Waals surface area contributed by atoms with Crippen LogP contribution < -0.4 is 10.4 Å². The first-order chi connectivity index (χ1) is 12.4. The van der Waals surface area contributed by atoms with Crippen LogP contribution >= 0.6 is 11.6 Å². The smallest absolute Gasteiger partial charge is 0.368 e. The number of rotatable bonds is 5. The first-order valence-electron chi connectivity index (χ1n) is 7.66. The fourth-order valence-electron chi connectivity index (χ4n) is 2.50. The lowest BCUT2D eigenvalue weighted by atomic mass is 10.1. The van der Waals surface area contributed by atoms with Gasteiger partial charge in [0, 0.05) is 23.2 Å². The molecule has 3 rings (SSSR count). The molecule has 1 aromatic heterocycles. The van der Waals surface area contributed by atoms with Crippen molar-refractivity contribution in [2.75, 3.05) is 0 Å². The number of ether oxygens (including phenoxy) is 1. The van der Waals surface area contributed by atoms with E-state index in [0.717, 1.165) is 14.9 Å². The number of hydrogen-bond acceptors (Lipinski definition) is 4. The summed E-state index contributed by atoms with van der Waals surface area (Å²) in [5.41, 5.74) is 0.378. The molecule has 0 aliphatic heterocycles. The maximum atomic E-state index is 13.5. The zero-order valence-corrected chi connectivity index (χ0v) is 14.7. The summed E-state index contributed by atoms with van der Waals surface area (Å²) in [6, 6.07) is 9.33. The number of alkyl halides is 2. The van der Waals surface area contributed by atoms with Crippen LogP contribution in [0.5, 0.6) is 5.75 Å². The first-order valence-corrected chi connectivity index (χ1v) is 8.04. The van der Waals surface area contributed by atoms with Crippen LogP contribution in [0.25, 0.3) is 5.69 Å². The fraction of sp³-hybridized carbons (Fsp3) is 0.235. The first kappa shape index (κ1) is 18.1. The van der Waals surface area contributed by atoms with Crippen LogP contribution in [0, 0.1) is 6.92 Å². The topological polar surface area (TPSA) is 61.9 Å². The van der Waals surface area contributed by atoms with Crippen molar-refractivity contribution in [2.24, 2.45) is 7.05 Å². The lowest BCUT2D eigenvalue weighted by molar-refractivity contribution is 0.148. The predicted molar refractivity (Wildman–Crippen MR) is 92.1 cm³/mol. The van der Waals surface area contributed by atoms with Crippen LogP contribution in [0.2, 0.25) is 5.02 Å². The normalized spacial score (nSPS) is 11.2. The summed E-state index contributed by atoms with van der Waals surface area (Å²) in [6.45, 7) is 1.64. The third-order valence-corrected chi connectivity index (χ3v) is 4.13. The van der Waals surface area contributed by atoms with Crippen molar-refractivity contribution in [3.63, 3.8) is 0 Å². The van der Waals surface area contributed by atoms with E-state index in [9.17, 15) is 13.6 Å². The third-order valence-electron chi connectivity index (χ3n) is 3.89. The highest BCUT2D eigenvalue weighted by Crippen LogP contribution is 2.29. The Morgan fingerprint density at radius 2 is 2.00 bits per heavy atom. The molecule has 0 fully saturated rings. The number of halogens is 3. The molecule has 0 unspecified atom stereocenters. The van der Waals surface area contributed by atoms with E-state index in [-0.39, 0.29) is 23.4 Å². The Labute approximate surface area is 152 Å². The largest absolute Gasteiger partial charge is 0.488 e. The molecule has 0 aliphatic carbocycles. The van der Waals surface area contributed by atoms with Gasteiger partial charge in [0.2, 0.25) is 0 Å². The van der Waals surface area contributed by atoms with Gasteiger partial charge in [-0.15, -0.1) is 0 Å². The van der Waals surface area contributed by atoms with Crippen molar-refractivity contribution in [1.82, 2.24) is 19.8 Å². The molecule has 0 amide bonds. The van der Waals surface area contributed by atoms with Gasteiger partial charge in [-0.3, -0.25) is 0 Å². The molecular weight excluding hydrogens is 366 g/mol. The van der Waals surface area contributed by atoms with Crippen LogP contribution in [0.4, 0.5) is 8.78 Å². The molecule has 0 aliphatic rings. The minimum absolute atomic E-state index is 0.157. The second kappa shape index (κ2) is 7.25. The highest BCUT2D eigenvalue weighted by atomic mass is 35.5. The van der Waals surface area contributed by atoms with Crippen LogP contribution in [0.3, 0.4) is 0 Å². The van der Waals surface area contributed by atoms with Gasteiger partial charge in [0.1, 0.15) is 12.4 Å². The molecule has 9 heteroatoms. The van der Waals surface area contributed by atoms with E-state index in [2.05, 4.69) is 10.4 Å². The highest BCUT2D eigenvalue weighted by Gasteiger charge is 2.20. The Balaban J connectivity index is 2.05. The number of aryl methyl sites for hydroxylation is 2. The van der Waals surface area contributed by atoms with E-state index in [4.69, 9.17) is 16.3 Å². The van der Waals surface area contributed by atoms with E-state index in [1.807, 2.05) is 6.92 Å². The monoisotopic (exact) mass is 380 g/mol. The summed E-state index contributed by atoms with van der Waals surface area (Å²) in [6.07, 6.45) is -2.73. The van der Waals surface area contributed by atoms with Crippen molar-refractivity contribution in [1.29, 1.82) is 0 Å². The summed E-state index contributed by atoms with van der Waals surface area (Å²) in [7, 11) is 1.42. The summed E-state index contributed by atoms with van der Waals surface area (Å²) in [5.74, 6) is 0.471. The van der Waals surface area contributed by atoms with Gasteiger partial charge < -0.3 is 4.74 Å². The van der Waals surface area contributed by atoms with Crippen LogP contribution in [-0.4, -0.2) is 19.8 Å². The SMILES string of the molecule is Cc1ccc(Cl)cc1OCc1c(C(F)F)cccc1-n1nnn(C)c1=O. The van der Waals surface area contributed by atoms with Gasteiger partial charge in [-0.1, -0.05) is 29.8 Å². The van der Waals surface area contributed by atoms with Crippen LogP contribution in [0.1, 0.15) is 23.1 Å². The second-order valence-electron chi connectivity index (χ2n) is 5.64. The average molecular weight is 381 g/mol. The summed E-state index contributed by atoms with van der Waals surface area (Å²) in [4.78, 5) is 12.1. The zero-order valence-electron chi connectivity index (χ0n) is 14.0. The minimum Gasteiger partial charge on any atom is -0.488 e.